The zero-order valence-electron chi connectivity index (χ0n) is 16.8. The van der Waals surface area contributed by atoms with Crippen molar-refractivity contribution in [3.8, 4) is 0 Å². The van der Waals surface area contributed by atoms with Crippen LogP contribution in [0, 0.1) is 5.92 Å². The first-order valence-electron chi connectivity index (χ1n) is 9.48. The molecule has 0 spiro atoms. The van der Waals surface area contributed by atoms with Crippen molar-refractivity contribution in [1.29, 1.82) is 0 Å². The van der Waals surface area contributed by atoms with E-state index in [1.165, 1.54) is 0 Å². The predicted molar refractivity (Wildman–Crippen MR) is 105 cm³/mol. The molecule has 1 aliphatic rings. The molecule has 0 aliphatic carbocycles. The summed E-state index contributed by atoms with van der Waals surface area (Å²) in [7, 11) is 0. The highest BCUT2D eigenvalue weighted by Gasteiger charge is 2.29. The largest absolute Gasteiger partial charge is 0.454 e. The molecule has 28 heavy (non-hydrogen) atoms. The summed E-state index contributed by atoms with van der Waals surface area (Å²) in [4.78, 5) is 38.6. The second-order valence-electron chi connectivity index (χ2n) is 7.35. The second-order valence-corrected chi connectivity index (χ2v) is 7.35. The molecule has 0 unspecified atom stereocenters. The van der Waals surface area contributed by atoms with Crippen LogP contribution in [0.5, 0.6) is 0 Å². The second kappa shape index (κ2) is 10.1. The number of anilines is 1. The number of ether oxygens (including phenoxy) is 2. The standard InChI is InChI=1S/C20H29N3O5/c1-13(2)18(22-20(26)21-16-8-6-5-7-9-16)19(25)27-12-17(24)23-10-14(3)28-15(4)11-23/h5-9,13-15,18H,10-12H2,1-4H3,(H2,21,22,26)/t14-,15+,18-/m1/s1. The van der Waals surface area contributed by atoms with Gasteiger partial charge in [0, 0.05) is 18.8 Å². The number of esters is 1. The van der Waals surface area contributed by atoms with Crippen molar-refractivity contribution >= 4 is 23.6 Å². The fourth-order valence-electron chi connectivity index (χ4n) is 3.02. The van der Waals surface area contributed by atoms with Gasteiger partial charge >= 0.3 is 12.0 Å². The van der Waals surface area contributed by atoms with Gasteiger partial charge in [-0.2, -0.15) is 0 Å². The van der Waals surface area contributed by atoms with Crippen molar-refractivity contribution in [2.75, 3.05) is 25.0 Å². The first-order chi connectivity index (χ1) is 13.3. The third kappa shape index (κ3) is 6.53. The molecule has 3 atom stereocenters. The molecule has 154 valence electrons. The van der Waals surface area contributed by atoms with E-state index in [2.05, 4.69) is 10.6 Å². The van der Waals surface area contributed by atoms with Crippen LogP contribution in [0.4, 0.5) is 10.5 Å². The average Bonchev–Trinajstić information content (AvgIpc) is 2.63. The fourth-order valence-corrected chi connectivity index (χ4v) is 3.02. The monoisotopic (exact) mass is 391 g/mol. The molecule has 1 saturated heterocycles. The minimum absolute atomic E-state index is 0.0600. The number of amides is 3. The number of nitrogens with one attached hydrogen (secondary N) is 2. The number of carbonyl (C=O) groups excluding carboxylic acids is 3. The molecule has 0 bridgehead atoms. The van der Waals surface area contributed by atoms with Crippen molar-refractivity contribution in [2.45, 2.75) is 45.9 Å². The van der Waals surface area contributed by atoms with Gasteiger partial charge in [0.25, 0.3) is 5.91 Å². The van der Waals surface area contributed by atoms with Gasteiger partial charge in [-0.15, -0.1) is 0 Å². The molecule has 1 heterocycles. The van der Waals surface area contributed by atoms with Crippen LogP contribution in [0.3, 0.4) is 0 Å². The smallest absolute Gasteiger partial charge is 0.329 e. The van der Waals surface area contributed by atoms with Crippen LogP contribution in [0.15, 0.2) is 30.3 Å². The first-order valence-corrected chi connectivity index (χ1v) is 9.48. The summed E-state index contributed by atoms with van der Waals surface area (Å²) in [6.07, 6.45) is -0.120. The van der Waals surface area contributed by atoms with Gasteiger partial charge in [-0.3, -0.25) is 4.79 Å². The minimum atomic E-state index is -0.862. The number of hydrogen-bond donors (Lipinski definition) is 2. The molecule has 3 amide bonds. The van der Waals surface area contributed by atoms with Crippen molar-refractivity contribution in [3.63, 3.8) is 0 Å². The molecule has 0 saturated carbocycles. The number of rotatable bonds is 6. The Morgan fingerprint density at radius 2 is 1.75 bits per heavy atom. The zero-order valence-corrected chi connectivity index (χ0v) is 16.8. The molecular weight excluding hydrogens is 362 g/mol. The van der Waals surface area contributed by atoms with Crippen molar-refractivity contribution in [3.05, 3.63) is 30.3 Å². The van der Waals surface area contributed by atoms with Crippen LogP contribution in [-0.2, 0) is 19.1 Å². The van der Waals surface area contributed by atoms with Gasteiger partial charge in [0.15, 0.2) is 6.61 Å². The Bertz CT molecular complexity index is 670. The van der Waals surface area contributed by atoms with Crippen molar-refractivity contribution < 1.29 is 23.9 Å². The van der Waals surface area contributed by atoms with Gasteiger partial charge in [0.1, 0.15) is 6.04 Å². The molecule has 1 aromatic rings. The molecule has 8 heteroatoms. The summed E-state index contributed by atoms with van der Waals surface area (Å²) in [5.41, 5.74) is 0.613. The summed E-state index contributed by atoms with van der Waals surface area (Å²) >= 11 is 0. The third-order valence-corrected chi connectivity index (χ3v) is 4.35. The van der Waals surface area contributed by atoms with E-state index >= 15 is 0 Å². The van der Waals surface area contributed by atoms with E-state index in [0.717, 1.165) is 0 Å². The van der Waals surface area contributed by atoms with Gasteiger partial charge in [-0.1, -0.05) is 32.0 Å². The normalized spacial score (nSPS) is 20.4. The number of hydrogen-bond acceptors (Lipinski definition) is 5. The molecule has 1 aromatic carbocycles. The maximum Gasteiger partial charge on any atom is 0.329 e. The molecule has 1 aliphatic heterocycles. The fraction of sp³-hybridized carbons (Fsp3) is 0.550. The summed E-state index contributed by atoms with van der Waals surface area (Å²) in [5.74, 6) is -1.11. The number of carbonyl (C=O) groups is 3. The maximum absolute atomic E-state index is 12.4. The Morgan fingerprint density at radius 1 is 1.14 bits per heavy atom. The SMILES string of the molecule is CC(C)[C@@H](NC(=O)Nc1ccccc1)C(=O)OCC(=O)N1C[C@@H](C)O[C@@H](C)C1. The van der Waals surface area contributed by atoms with Gasteiger partial charge in [-0.05, 0) is 31.9 Å². The maximum atomic E-state index is 12.4. The number of benzene rings is 1. The van der Waals surface area contributed by atoms with Crippen LogP contribution in [0.2, 0.25) is 0 Å². The number of urea groups is 1. The van der Waals surface area contributed by atoms with Gasteiger partial charge < -0.3 is 25.0 Å². The first kappa shape index (κ1) is 21.7. The molecule has 8 nitrogen and oxygen atoms in total. The summed E-state index contributed by atoms with van der Waals surface area (Å²) in [6.45, 7) is 7.95. The van der Waals surface area contributed by atoms with E-state index in [0.29, 0.717) is 18.8 Å². The Hall–Kier alpha value is -2.61. The van der Waals surface area contributed by atoms with Crippen LogP contribution in [0.25, 0.3) is 0 Å². The molecule has 1 fully saturated rings. The lowest BCUT2D eigenvalue weighted by atomic mass is 10.1. The Labute approximate surface area is 165 Å². The molecular formula is C20H29N3O5. The Morgan fingerprint density at radius 3 is 2.32 bits per heavy atom. The van der Waals surface area contributed by atoms with Crippen LogP contribution in [0.1, 0.15) is 27.7 Å². The van der Waals surface area contributed by atoms with Gasteiger partial charge in [-0.25, -0.2) is 9.59 Å². The zero-order chi connectivity index (χ0) is 20.7. The minimum Gasteiger partial charge on any atom is -0.454 e. The predicted octanol–water partition coefficient (Wildman–Crippen LogP) is 2.01. The van der Waals surface area contributed by atoms with Gasteiger partial charge in [0.05, 0.1) is 12.2 Å². The topological polar surface area (TPSA) is 97.0 Å². The lowest BCUT2D eigenvalue weighted by Crippen LogP contribution is -2.50. The summed E-state index contributed by atoms with van der Waals surface area (Å²) in [6, 6.07) is 7.54. The summed E-state index contributed by atoms with van der Waals surface area (Å²) in [5, 5.41) is 5.27. The average molecular weight is 391 g/mol. The lowest BCUT2D eigenvalue weighted by molar-refractivity contribution is -0.158. The number of nitrogens with zero attached hydrogens (tertiary/aromatic N) is 1. The van der Waals surface area contributed by atoms with Crippen LogP contribution in [-0.4, -0.2) is 60.8 Å². The highest BCUT2D eigenvalue weighted by Crippen LogP contribution is 2.12. The van der Waals surface area contributed by atoms with E-state index < -0.39 is 18.0 Å². The van der Waals surface area contributed by atoms with E-state index in [1.54, 1.807) is 43.0 Å². The van der Waals surface area contributed by atoms with Crippen LogP contribution < -0.4 is 10.6 Å². The molecule has 0 radical (unpaired) electrons. The quantitative estimate of drug-likeness (QED) is 0.723. The van der Waals surface area contributed by atoms with E-state index in [4.69, 9.17) is 9.47 Å². The Kier molecular flexibility index (Phi) is 7.80. The number of morpholine rings is 1. The highest BCUT2D eigenvalue weighted by molar-refractivity contribution is 5.93. The van der Waals surface area contributed by atoms with E-state index in [1.807, 2.05) is 19.9 Å². The summed E-state index contributed by atoms with van der Waals surface area (Å²) < 4.78 is 10.8. The van der Waals surface area contributed by atoms with Crippen LogP contribution >= 0.6 is 0 Å². The molecule has 0 aromatic heterocycles. The van der Waals surface area contributed by atoms with Crippen molar-refractivity contribution in [1.82, 2.24) is 10.2 Å². The van der Waals surface area contributed by atoms with Crippen molar-refractivity contribution in [2.24, 2.45) is 5.92 Å². The van der Waals surface area contributed by atoms with E-state index in [-0.39, 0.29) is 30.6 Å². The number of para-hydroxylation sites is 1. The van der Waals surface area contributed by atoms with E-state index in [9.17, 15) is 14.4 Å². The van der Waals surface area contributed by atoms with Gasteiger partial charge in [0.2, 0.25) is 0 Å². The highest BCUT2D eigenvalue weighted by atomic mass is 16.5. The lowest BCUT2D eigenvalue weighted by Gasteiger charge is -2.35. The molecule has 2 rings (SSSR count). The molecule has 2 N–H and O–H groups in total. The third-order valence-electron chi connectivity index (χ3n) is 4.35. The Balaban J connectivity index is 1.86.